The molecule has 0 saturated heterocycles. The summed E-state index contributed by atoms with van der Waals surface area (Å²) in [5, 5.41) is 9.30. The summed E-state index contributed by atoms with van der Waals surface area (Å²) in [6, 6.07) is 0. The van der Waals surface area contributed by atoms with Crippen molar-refractivity contribution in [1.29, 1.82) is 0 Å². The third-order valence-corrected chi connectivity index (χ3v) is 4.64. The van der Waals surface area contributed by atoms with Crippen molar-refractivity contribution in [3.63, 3.8) is 0 Å². The summed E-state index contributed by atoms with van der Waals surface area (Å²) in [6.07, 6.45) is 7.68. The Morgan fingerprint density at radius 2 is 2.11 bits per heavy atom. The average molecular weight is 282 g/mol. The van der Waals surface area contributed by atoms with E-state index in [-0.39, 0.29) is 11.7 Å². The highest BCUT2D eigenvalue weighted by atomic mass is 32.2. The number of hydrogen-bond acceptors (Lipinski definition) is 4. The first-order valence-corrected chi connectivity index (χ1v) is 8.02. The Hall–Kier alpha value is -1.04. The zero-order chi connectivity index (χ0) is 13.7. The molecule has 0 atom stereocenters. The second-order valence-electron chi connectivity index (χ2n) is 5.11. The lowest BCUT2D eigenvalue weighted by atomic mass is 9.87. The lowest BCUT2D eigenvalue weighted by Crippen LogP contribution is -2.15. The van der Waals surface area contributed by atoms with E-state index in [2.05, 4.69) is 21.7 Å². The molecule has 0 unspecified atom stereocenters. The molecule has 0 spiro atoms. The van der Waals surface area contributed by atoms with E-state index in [0.29, 0.717) is 0 Å². The number of primary amides is 1. The first-order valence-electron chi connectivity index (χ1n) is 7.04. The molecule has 1 aromatic heterocycles. The van der Waals surface area contributed by atoms with Crippen molar-refractivity contribution in [1.82, 2.24) is 14.8 Å². The van der Waals surface area contributed by atoms with Crippen molar-refractivity contribution in [2.24, 2.45) is 11.7 Å². The average Bonchev–Trinajstić information content (AvgIpc) is 2.79. The minimum absolute atomic E-state index is 0.265. The maximum atomic E-state index is 10.8. The number of amides is 1. The molecule has 1 aliphatic carbocycles. The summed E-state index contributed by atoms with van der Waals surface area (Å²) in [6.45, 7) is 2.93. The third-order valence-electron chi connectivity index (χ3n) is 3.65. The fourth-order valence-electron chi connectivity index (χ4n) is 2.68. The molecule has 1 saturated carbocycles. The molecule has 0 aromatic carbocycles. The summed E-state index contributed by atoms with van der Waals surface area (Å²) in [5.41, 5.74) is 5.17. The van der Waals surface area contributed by atoms with E-state index in [1.807, 2.05) is 0 Å². The number of thioether (sulfide) groups is 1. The topological polar surface area (TPSA) is 73.8 Å². The van der Waals surface area contributed by atoms with Crippen LogP contribution in [0, 0.1) is 5.92 Å². The normalized spacial score (nSPS) is 16.7. The Morgan fingerprint density at radius 3 is 2.74 bits per heavy atom. The van der Waals surface area contributed by atoms with Gasteiger partial charge < -0.3 is 10.3 Å². The van der Waals surface area contributed by atoms with E-state index < -0.39 is 0 Å². The predicted molar refractivity (Wildman–Crippen MR) is 75.9 cm³/mol. The minimum Gasteiger partial charge on any atom is -0.369 e. The van der Waals surface area contributed by atoms with Crippen LogP contribution in [0.1, 0.15) is 44.9 Å². The van der Waals surface area contributed by atoms with E-state index >= 15 is 0 Å². The molecule has 2 rings (SSSR count). The maximum Gasteiger partial charge on any atom is 0.227 e. The molecule has 6 heteroatoms. The largest absolute Gasteiger partial charge is 0.369 e. The fourth-order valence-corrected chi connectivity index (χ4v) is 3.44. The molecule has 0 radical (unpaired) electrons. The highest BCUT2D eigenvalue weighted by Crippen LogP contribution is 2.27. The summed E-state index contributed by atoms with van der Waals surface area (Å²) in [5.74, 6) is 1.75. The van der Waals surface area contributed by atoms with E-state index in [1.165, 1.54) is 43.9 Å². The van der Waals surface area contributed by atoms with Gasteiger partial charge in [-0.1, -0.05) is 43.9 Å². The van der Waals surface area contributed by atoms with Gasteiger partial charge in [-0.2, -0.15) is 0 Å². The van der Waals surface area contributed by atoms with Crippen molar-refractivity contribution in [3.05, 3.63) is 5.82 Å². The number of nitrogens with two attached hydrogens (primary N) is 1. The maximum absolute atomic E-state index is 10.8. The van der Waals surface area contributed by atoms with Gasteiger partial charge in [-0.15, -0.1) is 10.2 Å². The lowest BCUT2D eigenvalue weighted by molar-refractivity contribution is -0.115. The van der Waals surface area contributed by atoms with Crippen LogP contribution in [0.5, 0.6) is 0 Å². The molecule has 1 fully saturated rings. The number of carbonyl (C=O) groups is 1. The molecule has 5 nitrogen and oxygen atoms in total. The number of rotatable bonds is 6. The van der Waals surface area contributed by atoms with Crippen molar-refractivity contribution < 1.29 is 4.79 Å². The molecule has 0 aliphatic heterocycles. The van der Waals surface area contributed by atoms with Crippen molar-refractivity contribution in [2.75, 3.05) is 5.75 Å². The summed E-state index contributed by atoms with van der Waals surface area (Å²) in [4.78, 5) is 10.8. The number of hydrogen-bond donors (Lipinski definition) is 1. The van der Waals surface area contributed by atoms with E-state index in [9.17, 15) is 4.79 Å². The van der Waals surface area contributed by atoms with Gasteiger partial charge in [0.2, 0.25) is 5.91 Å². The minimum atomic E-state index is -0.315. The summed E-state index contributed by atoms with van der Waals surface area (Å²) >= 11 is 1.38. The Labute approximate surface area is 118 Å². The molecule has 2 N–H and O–H groups in total. The quantitative estimate of drug-likeness (QED) is 0.810. The van der Waals surface area contributed by atoms with Crippen LogP contribution in [0.3, 0.4) is 0 Å². The number of aromatic nitrogens is 3. The van der Waals surface area contributed by atoms with E-state index in [0.717, 1.165) is 29.9 Å². The van der Waals surface area contributed by atoms with Gasteiger partial charge in [0.15, 0.2) is 5.16 Å². The molecule has 1 heterocycles. The van der Waals surface area contributed by atoms with Crippen LogP contribution < -0.4 is 5.73 Å². The lowest BCUT2D eigenvalue weighted by Gasteiger charge is -2.21. The SMILES string of the molecule is CCn1c(CC2CCCCC2)nnc1SCC(N)=O. The zero-order valence-electron chi connectivity index (χ0n) is 11.5. The van der Waals surface area contributed by atoms with Crippen LogP contribution in [-0.2, 0) is 17.8 Å². The van der Waals surface area contributed by atoms with Crippen LogP contribution in [0.15, 0.2) is 5.16 Å². The van der Waals surface area contributed by atoms with Gasteiger partial charge in [0.25, 0.3) is 0 Å². The van der Waals surface area contributed by atoms with Gasteiger partial charge in [0.1, 0.15) is 5.82 Å². The highest BCUT2D eigenvalue weighted by Gasteiger charge is 2.19. The zero-order valence-corrected chi connectivity index (χ0v) is 12.3. The van der Waals surface area contributed by atoms with Crippen molar-refractivity contribution in [3.8, 4) is 0 Å². The van der Waals surface area contributed by atoms with Crippen molar-refractivity contribution >= 4 is 17.7 Å². The highest BCUT2D eigenvalue weighted by molar-refractivity contribution is 7.99. The molecule has 1 aromatic rings. The van der Waals surface area contributed by atoms with Gasteiger partial charge in [-0.3, -0.25) is 4.79 Å². The molecule has 106 valence electrons. The standard InChI is InChI=1S/C13H22N4OS/c1-2-17-12(8-10-6-4-3-5-7-10)15-16-13(17)19-9-11(14)18/h10H,2-9H2,1H3,(H2,14,18). The molecule has 0 bridgehead atoms. The molecular weight excluding hydrogens is 260 g/mol. The van der Waals surface area contributed by atoms with Gasteiger partial charge in [0, 0.05) is 13.0 Å². The summed E-state index contributed by atoms with van der Waals surface area (Å²) < 4.78 is 2.11. The Kier molecular flexibility index (Phi) is 5.24. The monoisotopic (exact) mass is 282 g/mol. The molecule has 19 heavy (non-hydrogen) atoms. The van der Waals surface area contributed by atoms with Crippen LogP contribution in [0.2, 0.25) is 0 Å². The van der Waals surface area contributed by atoms with Crippen LogP contribution in [-0.4, -0.2) is 26.4 Å². The number of nitrogens with zero attached hydrogens (tertiary/aromatic N) is 3. The fraction of sp³-hybridized carbons (Fsp3) is 0.769. The smallest absolute Gasteiger partial charge is 0.227 e. The second-order valence-corrected chi connectivity index (χ2v) is 6.05. The molecule has 1 amide bonds. The summed E-state index contributed by atoms with van der Waals surface area (Å²) in [7, 11) is 0. The van der Waals surface area contributed by atoms with E-state index in [1.54, 1.807) is 0 Å². The Balaban J connectivity index is 2.01. The molecular formula is C13H22N4OS. The van der Waals surface area contributed by atoms with Crippen LogP contribution in [0.25, 0.3) is 0 Å². The predicted octanol–water partition coefficient (Wildman–Crippen LogP) is 2.00. The third kappa shape index (κ3) is 3.96. The van der Waals surface area contributed by atoms with Gasteiger partial charge in [-0.05, 0) is 12.8 Å². The number of carbonyl (C=O) groups excluding carboxylic acids is 1. The van der Waals surface area contributed by atoms with Crippen molar-refractivity contribution in [2.45, 2.75) is 57.1 Å². The van der Waals surface area contributed by atoms with E-state index in [4.69, 9.17) is 5.73 Å². The van der Waals surface area contributed by atoms with Gasteiger partial charge in [0.05, 0.1) is 5.75 Å². The van der Waals surface area contributed by atoms with Gasteiger partial charge in [-0.25, -0.2) is 0 Å². The first-order chi connectivity index (χ1) is 9.20. The first kappa shape index (κ1) is 14.4. The van der Waals surface area contributed by atoms with Gasteiger partial charge >= 0.3 is 0 Å². The Morgan fingerprint density at radius 1 is 1.37 bits per heavy atom. The molecule has 1 aliphatic rings. The second kappa shape index (κ2) is 6.93. The van der Waals surface area contributed by atoms with Crippen LogP contribution >= 0.6 is 11.8 Å². The Bertz CT molecular complexity index is 426. The van der Waals surface area contributed by atoms with Crippen LogP contribution in [0.4, 0.5) is 0 Å².